The number of carbonyl (C=O) groups is 1. The van der Waals surface area contributed by atoms with E-state index in [1.807, 2.05) is 0 Å². The number of aromatic amines is 1. The fourth-order valence-corrected chi connectivity index (χ4v) is 1.90. The molecule has 0 saturated heterocycles. The Hall–Kier alpha value is -1.56. The van der Waals surface area contributed by atoms with Gasteiger partial charge in [-0.15, -0.1) is 0 Å². The van der Waals surface area contributed by atoms with Gasteiger partial charge in [-0.25, -0.2) is 0 Å². The van der Waals surface area contributed by atoms with Gasteiger partial charge in [-0.3, -0.25) is 9.89 Å². The maximum absolute atomic E-state index is 11.8. The van der Waals surface area contributed by atoms with Crippen LogP contribution < -0.4 is 11.1 Å². The van der Waals surface area contributed by atoms with Crippen molar-refractivity contribution >= 4 is 11.6 Å². The van der Waals surface area contributed by atoms with Crippen molar-refractivity contribution in [3.8, 4) is 0 Å². The molecule has 0 spiro atoms. The van der Waals surface area contributed by atoms with E-state index >= 15 is 0 Å². The Morgan fingerprint density at radius 3 is 3.00 bits per heavy atom. The van der Waals surface area contributed by atoms with Gasteiger partial charge in [0.2, 0.25) is 0 Å². The third kappa shape index (κ3) is 3.01. The van der Waals surface area contributed by atoms with E-state index in [4.69, 9.17) is 10.8 Å². The first-order valence-corrected chi connectivity index (χ1v) is 6.39. The van der Waals surface area contributed by atoms with E-state index in [9.17, 15) is 4.79 Å². The van der Waals surface area contributed by atoms with E-state index < -0.39 is 0 Å². The molecule has 1 atom stereocenters. The van der Waals surface area contributed by atoms with E-state index in [0.29, 0.717) is 24.6 Å². The molecule has 1 aromatic heterocycles. The maximum Gasteiger partial charge on any atom is 0.273 e. The van der Waals surface area contributed by atoms with Crippen LogP contribution in [0, 0.1) is 0 Å². The summed E-state index contributed by atoms with van der Waals surface area (Å²) in [5, 5.41) is 18.7. The number of aliphatic hydroxyl groups is 1. The van der Waals surface area contributed by atoms with Gasteiger partial charge in [0.1, 0.15) is 0 Å². The smallest absolute Gasteiger partial charge is 0.273 e. The third-order valence-electron chi connectivity index (χ3n) is 3.12. The molecule has 1 unspecified atom stereocenters. The monoisotopic (exact) mass is 252 g/mol. The summed E-state index contributed by atoms with van der Waals surface area (Å²) in [4.78, 5) is 11.8. The second-order valence-corrected chi connectivity index (χ2v) is 4.92. The van der Waals surface area contributed by atoms with E-state index in [2.05, 4.69) is 15.5 Å². The fourth-order valence-electron chi connectivity index (χ4n) is 1.90. The average Bonchev–Trinajstić information content (AvgIpc) is 3.08. The largest absolute Gasteiger partial charge is 0.395 e. The molecule has 1 aliphatic carbocycles. The molecule has 18 heavy (non-hydrogen) atoms. The molecule has 0 bridgehead atoms. The van der Waals surface area contributed by atoms with Gasteiger partial charge in [0.05, 0.1) is 17.5 Å². The highest BCUT2D eigenvalue weighted by atomic mass is 16.3. The predicted molar refractivity (Wildman–Crippen MR) is 68.2 cm³/mol. The van der Waals surface area contributed by atoms with Crippen molar-refractivity contribution in [2.45, 2.75) is 44.6 Å². The van der Waals surface area contributed by atoms with Crippen molar-refractivity contribution in [3.05, 3.63) is 11.4 Å². The molecule has 6 nitrogen and oxygen atoms in total. The van der Waals surface area contributed by atoms with E-state index in [1.54, 1.807) is 6.92 Å². The van der Waals surface area contributed by atoms with Crippen LogP contribution >= 0.6 is 0 Å². The summed E-state index contributed by atoms with van der Waals surface area (Å²) in [6, 6.07) is 0. The molecule has 1 fully saturated rings. The number of H-pyrrole nitrogens is 1. The molecule has 0 aromatic carbocycles. The van der Waals surface area contributed by atoms with Gasteiger partial charge in [-0.2, -0.15) is 5.10 Å². The van der Waals surface area contributed by atoms with Crippen LogP contribution in [0.25, 0.3) is 0 Å². The Bertz CT molecular complexity index is 424. The lowest BCUT2D eigenvalue weighted by Gasteiger charge is -2.05. The summed E-state index contributed by atoms with van der Waals surface area (Å²) in [5.41, 5.74) is 7.56. The van der Waals surface area contributed by atoms with Gasteiger partial charge < -0.3 is 16.2 Å². The molecule has 100 valence electrons. The van der Waals surface area contributed by atoms with Crippen LogP contribution in [0.3, 0.4) is 0 Å². The Morgan fingerprint density at radius 1 is 1.67 bits per heavy atom. The molecule has 6 heteroatoms. The number of hydrogen-bond donors (Lipinski definition) is 4. The number of hydrogen-bond acceptors (Lipinski definition) is 4. The SMILES string of the molecule is CC(O)CCCNC(=O)c1n[nH]c(C2CC2)c1N. The quantitative estimate of drug-likeness (QED) is 0.561. The summed E-state index contributed by atoms with van der Waals surface area (Å²) in [6.07, 6.45) is 3.30. The van der Waals surface area contributed by atoms with Crippen molar-refractivity contribution < 1.29 is 9.90 Å². The van der Waals surface area contributed by atoms with Crippen LogP contribution in [0.2, 0.25) is 0 Å². The highest BCUT2D eigenvalue weighted by Gasteiger charge is 2.30. The van der Waals surface area contributed by atoms with E-state index in [-0.39, 0.29) is 17.7 Å². The Morgan fingerprint density at radius 2 is 2.39 bits per heavy atom. The van der Waals surface area contributed by atoms with Crippen molar-refractivity contribution in [3.63, 3.8) is 0 Å². The molecule has 1 heterocycles. The van der Waals surface area contributed by atoms with Crippen LogP contribution in [0.5, 0.6) is 0 Å². The Balaban J connectivity index is 1.85. The summed E-state index contributed by atoms with van der Waals surface area (Å²) >= 11 is 0. The van der Waals surface area contributed by atoms with Gasteiger partial charge in [-0.1, -0.05) is 0 Å². The molecule has 0 radical (unpaired) electrons. The van der Waals surface area contributed by atoms with Crippen molar-refractivity contribution in [1.29, 1.82) is 0 Å². The molecule has 2 rings (SSSR count). The van der Waals surface area contributed by atoms with Crippen LogP contribution in [0.1, 0.15) is 54.7 Å². The standard InChI is InChI=1S/C12H20N4O2/c1-7(17)3-2-6-14-12(18)11-9(13)10(15-16-11)8-4-5-8/h7-8,17H,2-6,13H2,1H3,(H,14,18)(H,15,16). The number of nitrogens with one attached hydrogen (secondary N) is 2. The van der Waals surface area contributed by atoms with Crippen LogP contribution in [-0.4, -0.2) is 33.9 Å². The van der Waals surface area contributed by atoms with Gasteiger partial charge in [-0.05, 0) is 32.6 Å². The number of amides is 1. The van der Waals surface area contributed by atoms with E-state index in [1.165, 1.54) is 0 Å². The predicted octanol–water partition coefficient (Wildman–Crippen LogP) is 0.760. The number of rotatable bonds is 6. The summed E-state index contributed by atoms with van der Waals surface area (Å²) in [5.74, 6) is 0.204. The molecule has 1 aliphatic rings. The van der Waals surface area contributed by atoms with Crippen LogP contribution in [0.15, 0.2) is 0 Å². The van der Waals surface area contributed by atoms with Gasteiger partial charge in [0, 0.05) is 12.5 Å². The number of aromatic nitrogens is 2. The molecular weight excluding hydrogens is 232 g/mol. The second-order valence-electron chi connectivity index (χ2n) is 4.92. The average molecular weight is 252 g/mol. The lowest BCUT2D eigenvalue weighted by atomic mass is 10.2. The van der Waals surface area contributed by atoms with Gasteiger partial charge in [0.25, 0.3) is 5.91 Å². The zero-order valence-electron chi connectivity index (χ0n) is 10.6. The second kappa shape index (κ2) is 5.39. The summed E-state index contributed by atoms with van der Waals surface area (Å²) in [7, 11) is 0. The highest BCUT2D eigenvalue weighted by Crippen LogP contribution is 2.42. The first kappa shape index (κ1) is 12.9. The number of nitrogens with two attached hydrogens (primary N) is 1. The van der Waals surface area contributed by atoms with Gasteiger partial charge >= 0.3 is 0 Å². The zero-order valence-corrected chi connectivity index (χ0v) is 10.6. The number of carbonyl (C=O) groups excluding carboxylic acids is 1. The van der Waals surface area contributed by atoms with Crippen molar-refractivity contribution in [2.24, 2.45) is 0 Å². The minimum absolute atomic E-state index is 0.249. The molecule has 0 aliphatic heterocycles. The topological polar surface area (TPSA) is 104 Å². The number of anilines is 1. The summed E-state index contributed by atoms with van der Waals surface area (Å²) < 4.78 is 0. The first-order chi connectivity index (χ1) is 8.59. The number of nitrogens with zero attached hydrogens (tertiary/aromatic N) is 1. The van der Waals surface area contributed by atoms with Crippen molar-refractivity contribution in [1.82, 2.24) is 15.5 Å². The number of aliphatic hydroxyl groups excluding tert-OH is 1. The minimum atomic E-state index is -0.334. The summed E-state index contributed by atoms with van der Waals surface area (Å²) in [6.45, 7) is 2.25. The highest BCUT2D eigenvalue weighted by molar-refractivity contribution is 5.97. The molecule has 5 N–H and O–H groups in total. The molecule has 1 aromatic rings. The molecule has 1 amide bonds. The lowest BCUT2D eigenvalue weighted by Crippen LogP contribution is -2.26. The minimum Gasteiger partial charge on any atom is -0.395 e. The molecule has 1 saturated carbocycles. The normalized spacial score (nSPS) is 16.6. The van der Waals surface area contributed by atoms with E-state index in [0.717, 1.165) is 25.0 Å². The van der Waals surface area contributed by atoms with Crippen LogP contribution in [0.4, 0.5) is 5.69 Å². The van der Waals surface area contributed by atoms with Crippen LogP contribution in [-0.2, 0) is 0 Å². The molecular formula is C12H20N4O2. The van der Waals surface area contributed by atoms with Crippen molar-refractivity contribution in [2.75, 3.05) is 12.3 Å². The maximum atomic E-state index is 11.8. The van der Waals surface area contributed by atoms with Gasteiger partial charge in [0.15, 0.2) is 5.69 Å². The lowest BCUT2D eigenvalue weighted by molar-refractivity contribution is 0.0945. The third-order valence-corrected chi connectivity index (χ3v) is 3.12. The first-order valence-electron chi connectivity index (χ1n) is 6.39. The Labute approximate surface area is 106 Å². The Kier molecular flexibility index (Phi) is 3.86. The number of nitrogen functional groups attached to an aromatic ring is 1. The fraction of sp³-hybridized carbons (Fsp3) is 0.667. The zero-order chi connectivity index (χ0) is 13.1.